The second-order valence-corrected chi connectivity index (χ2v) is 7.38. The molecular formula is C24H18Cl2N2O2. The van der Waals surface area contributed by atoms with Crippen LogP contribution in [0.3, 0.4) is 0 Å². The molecule has 0 aliphatic carbocycles. The average Bonchev–Trinajstić information content (AvgIpc) is 2.72. The number of amides is 1. The minimum absolute atomic E-state index is 0.0303. The SMILES string of the molecule is Cc1cccc(NC(=O)/C(C#N)=C/c2ccc(OCc3ccccc3Cl)c(Cl)c2)c1. The fourth-order valence-electron chi connectivity index (χ4n) is 2.73. The molecule has 0 spiro atoms. The van der Waals surface area contributed by atoms with E-state index in [4.69, 9.17) is 27.9 Å². The number of anilines is 1. The van der Waals surface area contributed by atoms with Crippen molar-refractivity contribution in [2.45, 2.75) is 13.5 Å². The molecule has 0 aliphatic rings. The molecule has 1 amide bonds. The van der Waals surface area contributed by atoms with E-state index in [1.807, 2.05) is 49.4 Å². The van der Waals surface area contributed by atoms with E-state index in [2.05, 4.69) is 5.32 Å². The van der Waals surface area contributed by atoms with Crippen LogP contribution in [0.4, 0.5) is 5.69 Å². The Bertz CT molecular complexity index is 1150. The van der Waals surface area contributed by atoms with Crippen LogP contribution in [0.25, 0.3) is 6.08 Å². The normalized spacial score (nSPS) is 10.9. The van der Waals surface area contributed by atoms with E-state index in [1.165, 1.54) is 6.08 Å². The summed E-state index contributed by atoms with van der Waals surface area (Å²) < 4.78 is 5.75. The molecule has 150 valence electrons. The number of halogens is 2. The molecule has 0 atom stereocenters. The van der Waals surface area contributed by atoms with Gasteiger partial charge < -0.3 is 10.1 Å². The van der Waals surface area contributed by atoms with E-state index in [9.17, 15) is 10.1 Å². The van der Waals surface area contributed by atoms with Gasteiger partial charge in [0, 0.05) is 16.3 Å². The highest BCUT2D eigenvalue weighted by Crippen LogP contribution is 2.28. The monoisotopic (exact) mass is 436 g/mol. The van der Waals surface area contributed by atoms with Gasteiger partial charge in [-0.25, -0.2) is 0 Å². The predicted molar refractivity (Wildman–Crippen MR) is 121 cm³/mol. The van der Waals surface area contributed by atoms with Gasteiger partial charge in [0.2, 0.25) is 0 Å². The van der Waals surface area contributed by atoms with Crippen molar-refractivity contribution in [1.29, 1.82) is 5.26 Å². The number of nitriles is 1. The van der Waals surface area contributed by atoms with Crippen LogP contribution in [-0.4, -0.2) is 5.91 Å². The number of ether oxygens (including phenoxy) is 1. The van der Waals surface area contributed by atoms with Crippen LogP contribution in [0.15, 0.2) is 72.3 Å². The summed E-state index contributed by atoms with van der Waals surface area (Å²) in [6, 6.07) is 21.7. The highest BCUT2D eigenvalue weighted by Gasteiger charge is 2.11. The van der Waals surface area contributed by atoms with Crippen LogP contribution in [0.5, 0.6) is 5.75 Å². The molecule has 0 aliphatic heterocycles. The minimum atomic E-state index is -0.488. The second-order valence-electron chi connectivity index (χ2n) is 6.56. The molecule has 0 aromatic heterocycles. The second kappa shape index (κ2) is 9.98. The molecule has 0 saturated carbocycles. The molecule has 6 heteroatoms. The minimum Gasteiger partial charge on any atom is -0.487 e. The van der Waals surface area contributed by atoms with Crippen molar-refractivity contribution in [3.05, 3.63) is 99.0 Å². The molecule has 0 unspecified atom stereocenters. The molecular weight excluding hydrogens is 419 g/mol. The van der Waals surface area contributed by atoms with Crippen LogP contribution < -0.4 is 10.1 Å². The van der Waals surface area contributed by atoms with E-state index >= 15 is 0 Å². The third-order valence-corrected chi connectivity index (χ3v) is 4.91. The molecule has 1 N–H and O–H groups in total. The molecule has 30 heavy (non-hydrogen) atoms. The standard InChI is InChI=1S/C24H18Cl2N2O2/c1-16-5-4-7-20(11-16)28-24(29)19(14-27)12-17-9-10-23(22(26)13-17)30-15-18-6-2-3-8-21(18)25/h2-13H,15H2,1H3,(H,28,29)/b19-12+. The average molecular weight is 437 g/mol. The highest BCUT2D eigenvalue weighted by molar-refractivity contribution is 6.32. The third-order valence-electron chi connectivity index (χ3n) is 4.25. The molecule has 3 rings (SSSR count). The van der Waals surface area contributed by atoms with Gasteiger partial charge in [0.25, 0.3) is 5.91 Å². The van der Waals surface area contributed by atoms with Crippen molar-refractivity contribution in [3.8, 4) is 11.8 Å². The first kappa shape index (κ1) is 21.4. The van der Waals surface area contributed by atoms with Crippen LogP contribution in [-0.2, 0) is 11.4 Å². The Labute approximate surface area is 185 Å². The number of nitrogens with one attached hydrogen (secondary N) is 1. The van der Waals surface area contributed by atoms with Gasteiger partial charge in [0.05, 0.1) is 5.02 Å². The van der Waals surface area contributed by atoms with Gasteiger partial charge in [-0.2, -0.15) is 5.26 Å². The van der Waals surface area contributed by atoms with Crippen LogP contribution in [0.1, 0.15) is 16.7 Å². The summed E-state index contributed by atoms with van der Waals surface area (Å²) in [5.74, 6) is -0.00488. The van der Waals surface area contributed by atoms with Gasteiger partial charge in [-0.1, -0.05) is 59.6 Å². The third kappa shape index (κ3) is 5.64. The maximum atomic E-state index is 12.4. The van der Waals surface area contributed by atoms with Gasteiger partial charge in [0.15, 0.2) is 0 Å². The van der Waals surface area contributed by atoms with E-state index in [0.717, 1.165) is 11.1 Å². The molecule has 0 radical (unpaired) electrons. The van der Waals surface area contributed by atoms with E-state index in [0.29, 0.717) is 27.0 Å². The van der Waals surface area contributed by atoms with Gasteiger partial charge in [-0.15, -0.1) is 0 Å². The summed E-state index contributed by atoms with van der Waals surface area (Å²) in [6.45, 7) is 2.20. The fraction of sp³-hybridized carbons (Fsp3) is 0.0833. The van der Waals surface area contributed by atoms with Crippen molar-refractivity contribution >= 4 is 40.9 Å². The van der Waals surface area contributed by atoms with Crippen LogP contribution >= 0.6 is 23.2 Å². The fourth-order valence-corrected chi connectivity index (χ4v) is 3.17. The molecule has 0 fully saturated rings. The molecule has 3 aromatic carbocycles. The summed E-state index contributed by atoms with van der Waals surface area (Å²) in [4.78, 5) is 12.4. The Morgan fingerprint density at radius 3 is 2.57 bits per heavy atom. The Morgan fingerprint density at radius 1 is 1.07 bits per heavy atom. The number of nitrogens with zero attached hydrogens (tertiary/aromatic N) is 1. The van der Waals surface area contributed by atoms with Gasteiger partial charge >= 0.3 is 0 Å². The van der Waals surface area contributed by atoms with Gasteiger partial charge in [-0.05, 0) is 54.5 Å². The number of aryl methyl sites for hydroxylation is 1. The number of benzene rings is 3. The number of carbonyl (C=O) groups excluding carboxylic acids is 1. The van der Waals surface area contributed by atoms with Crippen LogP contribution in [0.2, 0.25) is 10.0 Å². The lowest BCUT2D eigenvalue weighted by Gasteiger charge is -2.10. The van der Waals surface area contributed by atoms with Crippen LogP contribution in [0, 0.1) is 18.3 Å². The maximum Gasteiger partial charge on any atom is 0.266 e. The number of hydrogen-bond donors (Lipinski definition) is 1. The van der Waals surface area contributed by atoms with Crippen molar-refractivity contribution in [2.24, 2.45) is 0 Å². The van der Waals surface area contributed by atoms with Gasteiger partial charge in [0.1, 0.15) is 24.0 Å². The predicted octanol–water partition coefficient (Wildman–Crippen LogP) is 6.43. The molecule has 0 heterocycles. The molecule has 4 nitrogen and oxygen atoms in total. The number of carbonyl (C=O) groups is 1. The Morgan fingerprint density at radius 2 is 1.87 bits per heavy atom. The van der Waals surface area contributed by atoms with Crippen molar-refractivity contribution in [2.75, 3.05) is 5.32 Å². The lowest BCUT2D eigenvalue weighted by Crippen LogP contribution is -2.13. The number of hydrogen-bond acceptors (Lipinski definition) is 3. The van der Waals surface area contributed by atoms with Gasteiger partial charge in [-0.3, -0.25) is 4.79 Å². The highest BCUT2D eigenvalue weighted by atomic mass is 35.5. The summed E-state index contributed by atoms with van der Waals surface area (Å²) in [5, 5.41) is 13.1. The van der Waals surface area contributed by atoms with Crippen molar-refractivity contribution < 1.29 is 9.53 Å². The number of rotatable bonds is 6. The zero-order valence-electron chi connectivity index (χ0n) is 16.2. The lowest BCUT2D eigenvalue weighted by molar-refractivity contribution is -0.112. The summed E-state index contributed by atoms with van der Waals surface area (Å²) in [6.07, 6.45) is 1.48. The zero-order valence-corrected chi connectivity index (χ0v) is 17.7. The first-order chi connectivity index (χ1) is 14.5. The van der Waals surface area contributed by atoms with E-state index in [-0.39, 0.29) is 12.2 Å². The smallest absolute Gasteiger partial charge is 0.266 e. The van der Waals surface area contributed by atoms with Crippen molar-refractivity contribution in [1.82, 2.24) is 0 Å². The summed E-state index contributed by atoms with van der Waals surface area (Å²) in [5.41, 5.74) is 3.06. The topological polar surface area (TPSA) is 62.1 Å². The Kier molecular flexibility index (Phi) is 7.13. The molecule has 0 saturated heterocycles. The first-order valence-electron chi connectivity index (χ1n) is 9.12. The summed E-state index contributed by atoms with van der Waals surface area (Å²) >= 11 is 12.5. The summed E-state index contributed by atoms with van der Waals surface area (Å²) in [7, 11) is 0. The lowest BCUT2D eigenvalue weighted by atomic mass is 10.1. The Balaban J connectivity index is 1.72. The molecule has 3 aromatic rings. The van der Waals surface area contributed by atoms with E-state index in [1.54, 1.807) is 30.3 Å². The first-order valence-corrected chi connectivity index (χ1v) is 9.87. The Hall–Kier alpha value is -3.26. The van der Waals surface area contributed by atoms with E-state index < -0.39 is 5.91 Å². The largest absolute Gasteiger partial charge is 0.487 e. The maximum absolute atomic E-state index is 12.4. The zero-order chi connectivity index (χ0) is 21.5. The van der Waals surface area contributed by atoms with Crippen molar-refractivity contribution in [3.63, 3.8) is 0 Å². The quantitative estimate of drug-likeness (QED) is 0.357. The molecule has 0 bridgehead atoms.